The van der Waals surface area contributed by atoms with Crippen LogP contribution in [-0.2, 0) is 4.74 Å². The topological polar surface area (TPSA) is 78.7 Å². The Morgan fingerprint density at radius 2 is 2.00 bits per heavy atom. The van der Waals surface area contributed by atoms with Crippen LogP contribution in [-0.4, -0.2) is 66.3 Å². The number of nitriles is 1. The van der Waals surface area contributed by atoms with Gasteiger partial charge in [0.2, 0.25) is 0 Å². The van der Waals surface area contributed by atoms with Crippen LogP contribution in [0.5, 0.6) is 5.75 Å². The molecular formula is C22H31FN4O3. The Balaban J connectivity index is 1.52. The van der Waals surface area contributed by atoms with E-state index in [1.807, 2.05) is 31.7 Å². The molecule has 3 rings (SSSR count). The molecule has 164 valence electrons. The minimum Gasteiger partial charge on any atom is -0.495 e. The fourth-order valence-electron chi connectivity index (χ4n) is 4.23. The molecule has 8 heteroatoms. The Kier molecular flexibility index (Phi) is 6.51. The number of piperidine rings is 1. The van der Waals surface area contributed by atoms with E-state index in [4.69, 9.17) is 14.7 Å². The number of likely N-dealkylation sites (tertiary alicyclic amines) is 2. The van der Waals surface area contributed by atoms with Gasteiger partial charge in [-0.05, 0) is 58.5 Å². The van der Waals surface area contributed by atoms with Crippen LogP contribution < -0.4 is 4.74 Å². The molecule has 30 heavy (non-hydrogen) atoms. The van der Waals surface area contributed by atoms with Crippen LogP contribution >= 0.6 is 0 Å². The average molecular weight is 419 g/mol. The van der Waals surface area contributed by atoms with Crippen molar-refractivity contribution in [3.8, 4) is 11.8 Å². The summed E-state index contributed by atoms with van der Waals surface area (Å²) in [5.74, 6) is 0.343. The lowest BCUT2D eigenvalue weighted by molar-refractivity contribution is 0.0241. The van der Waals surface area contributed by atoms with E-state index in [-0.39, 0.29) is 23.7 Å². The van der Waals surface area contributed by atoms with Crippen molar-refractivity contribution in [3.63, 3.8) is 0 Å². The lowest BCUT2D eigenvalue weighted by Gasteiger charge is -2.39. The standard InChI is InChI=1S/C22H31FN4O3/c1-21(2,3)30-20(28)27-10-7-22(15-27)5-8-26(9-6-22)14-17(23)18-11-19(29-4)16(12-24)13-25-18/h11,13,17H,5-10,14-15H2,1-4H3. The lowest BCUT2D eigenvalue weighted by Crippen LogP contribution is -2.43. The Bertz CT molecular complexity index is 810. The zero-order chi connectivity index (χ0) is 21.9. The summed E-state index contributed by atoms with van der Waals surface area (Å²) in [5.41, 5.74) is 0.191. The highest BCUT2D eigenvalue weighted by Gasteiger charge is 2.43. The van der Waals surface area contributed by atoms with Gasteiger partial charge in [0, 0.05) is 31.9 Å². The first-order chi connectivity index (χ1) is 14.1. The number of aromatic nitrogens is 1. The van der Waals surface area contributed by atoms with Crippen molar-refractivity contribution in [2.45, 2.75) is 51.8 Å². The molecule has 7 nitrogen and oxygen atoms in total. The van der Waals surface area contributed by atoms with Crippen molar-refractivity contribution in [1.82, 2.24) is 14.8 Å². The second-order valence-electron chi connectivity index (χ2n) is 9.34. The van der Waals surface area contributed by atoms with Crippen molar-refractivity contribution in [3.05, 3.63) is 23.5 Å². The minimum atomic E-state index is -1.25. The van der Waals surface area contributed by atoms with E-state index < -0.39 is 11.8 Å². The number of rotatable bonds is 4. The van der Waals surface area contributed by atoms with Gasteiger partial charge < -0.3 is 14.4 Å². The molecule has 1 spiro atoms. The first-order valence-corrected chi connectivity index (χ1v) is 10.4. The van der Waals surface area contributed by atoms with Crippen LogP contribution in [0.15, 0.2) is 12.3 Å². The molecule has 0 aliphatic carbocycles. The molecule has 0 N–H and O–H groups in total. The number of hydrogen-bond acceptors (Lipinski definition) is 6. The van der Waals surface area contributed by atoms with Crippen molar-refractivity contribution >= 4 is 6.09 Å². The number of amides is 1. The summed E-state index contributed by atoms with van der Waals surface area (Å²) in [5, 5.41) is 9.05. The molecule has 2 aliphatic heterocycles. The number of hydrogen-bond donors (Lipinski definition) is 0. The molecule has 1 aromatic heterocycles. The van der Waals surface area contributed by atoms with Gasteiger partial charge in [-0.3, -0.25) is 9.88 Å². The number of ether oxygens (including phenoxy) is 2. The molecule has 1 unspecified atom stereocenters. The Morgan fingerprint density at radius 1 is 1.33 bits per heavy atom. The van der Waals surface area contributed by atoms with Gasteiger partial charge >= 0.3 is 6.09 Å². The summed E-state index contributed by atoms with van der Waals surface area (Å²) in [6.07, 6.45) is 2.70. The van der Waals surface area contributed by atoms with Gasteiger partial charge in [-0.2, -0.15) is 5.26 Å². The molecule has 0 aromatic carbocycles. The molecule has 1 aromatic rings. The normalized spacial score (nSPS) is 20.1. The third-order valence-electron chi connectivity index (χ3n) is 5.97. The van der Waals surface area contributed by atoms with Gasteiger partial charge in [0.15, 0.2) is 6.17 Å². The Hall–Kier alpha value is -2.40. The van der Waals surface area contributed by atoms with E-state index in [1.54, 1.807) is 0 Å². The first kappa shape index (κ1) is 22.3. The number of carbonyl (C=O) groups excluding carboxylic acids is 1. The van der Waals surface area contributed by atoms with Gasteiger partial charge in [0.25, 0.3) is 0 Å². The number of nitrogens with zero attached hydrogens (tertiary/aromatic N) is 4. The zero-order valence-corrected chi connectivity index (χ0v) is 18.3. The van der Waals surface area contributed by atoms with E-state index in [0.717, 1.165) is 38.9 Å². The van der Waals surface area contributed by atoms with Gasteiger partial charge in [-0.15, -0.1) is 0 Å². The quantitative estimate of drug-likeness (QED) is 0.742. The van der Waals surface area contributed by atoms with Crippen LogP contribution in [0.3, 0.4) is 0 Å². The first-order valence-electron chi connectivity index (χ1n) is 10.4. The van der Waals surface area contributed by atoms with E-state index in [2.05, 4.69) is 9.88 Å². The SMILES string of the molecule is COc1cc(C(F)CN2CCC3(CC2)CCN(C(=O)OC(C)(C)C)C3)ncc1C#N. The number of alkyl halides is 1. The third kappa shape index (κ3) is 5.20. The van der Waals surface area contributed by atoms with Crippen LogP contribution in [0.1, 0.15) is 57.5 Å². The number of carbonyl (C=O) groups is 1. The van der Waals surface area contributed by atoms with Crippen molar-refractivity contribution in [2.75, 3.05) is 39.8 Å². The lowest BCUT2D eigenvalue weighted by atomic mass is 9.78. The maximum absolute atomic E-state index is 14.9. The van der Waals surface area contributed by atoms with Crippen LogP contribution in [0.4, 0.5) is 9.18 Å². The van der Waals surface area contributed by atoms with Gasteiger partial charge in [0.05, 0.1) is 12.8 Å². The van der Waals surface area contributed by atoms with Gasteiger partial charge in [-0.1, -0.05) is 0 Å². The average Bonchev–Trinajstić information content (AvgIpc) is 3.12. The van der Waals surface area contributed by atoms with Gasteiger partial charge in [-0.25, -0.2) is 9.18 Å². The molecule has 1 atom stereocenters. The summed E-state index contributed by atoms with van der Waals surface area (Å²) in [6.45, 7) is 8.89. The monoisotopic (exact) mass is 418 g/mol. The van der Waals surface area contributed by atoms with Crippen molar-refractivity contribution in [1.29, 1.82) is 5.26 Å². The summed E-state index contributed by atoms with van der Waals surface area (Å²) in [6, 6.07) is 3.49. The molecule has 3 heterocycles. The van der Waals surface area contributed by atoms with E-state index in [0.29, 0.717) is 17.9 Å². The third-order valence-corrected chi connectivity index (χ3v) is 5.97. The highest BCUT2D eigenvalue weighted by Crippen LogP contribution is 2.41. The molecule has 1 amide bonds. The highest BCUT2D eigenvalue weighted by molar-refractivity contribution is 5.68. The largest absolute Gasteiger partial charge is 0.495 e. The minimum absolute atomic E-state index is 0.106. The maximum Gasteiger partial charge on any atom is 0.410 e. The predicted octanol–water partition coefficient (Wildman–Crippen LogP) is 3.70. The van der Waals surface area contributed by atoms with Crippen LogP contribution in [0.25, 0.3) is 0 Å². The second-order valence-corrected chi connectivity index (χ2v) is 9.34. The number of pyridine rings is 1. The van der Waals surface area contributed by atoms with E-state index in [9.17, 15) is 9.18 Å². The molecule has 2 fully saturated rings. The summed E-state index contributed by atoms with van der Waals surface area (Å²) < 4.78 is 25.5. The second kappa shape index (κ2) is 8.76. The maximum atomic E-state index is 14.9. The Labute approximate surface area is 177 Å². The summed E-state index contributed by atoms with van der Waals surface area (Å²) in [7, 11) is 1.46. The van der Waals surface area contributed by atoms with Crippen LogP contribution in [0, 0.1) is 16.7 Å². The predicted molar refractivity (Wildman–Crippen MR) is 110 cm³/mol. The van der Waals surface area contributed by atoms with Crippen molar-refractivity contribution in [2.24, 2.45) is 5.41 Å². The molecular weight excluding hydrogens is 387 g/mol. The smallest absolute Gasteiger partial charge is 0.410 e. The Morgan fingerprint density at radius 3 is 2.60 bits per heavy atom. The van der Waals surface area contributed by atoms with Gasteiger partial charge in [0.1, 0.15) is 23.0 Å². The summed E-state index contributed by atoms with van der Waals surface area (Å²) in [4.78, 5) is 20.4. The number of halogens is 1. The fraction of sp³-hybridized carbons (Fsp3) is 0.682. The molecule has 0 bridgehead atoms. The molecule has 0 saturated carbocycles. The zero-order valence-electron chi connectivity index (χ0n) is 18.3. The fourth-order valence-corrected chi connectivity index (χ4v) is 4.23. The van der Waals surface area contributed by atoms with Crippen LogP contribution in [0.2, 0.25) is 0 Å². The van der Waals surface area contributed by atoms with E-state index in [1.165, 1.54) is 19.4 Å². The number of methoxy groups -OCH3 is 1. The van der Waals surface area contributed by atoms with E-state index >= 15 is 0 Å². The summed E-state index contributed by atoms with van der Waals surface area (Å²) >= 11 is 0. The molecule has 0 radical (unpaired) electrons. The highest BCUT2D eigenvalue weighted by atomic mass is 19.1. The van der Waals surface area contributed by atoms with Crippen molar-refractivity contribution < 1.29 is 18.7 Å². The molecule has 2 aliphatic rings. The molecule has 2 saturated heterocycles.